The van der Waals surface area contributed by atoms with E-state index in [0.29, 0.717) is 34.2 Å². The third-order valence-electron chi connectivity index (χ3n) is 6.96. The molecule has 55 heavy (non-hydrogen) atoms. The first-order valence-corrected chi connectivity index (χ1v) is 20.7. The Labute approximate surface area is 332 Å². The zero-order valence-corrected chi connectivity index (χ0v) is 32.7. The predicted octanol–water partition coefficient (Wildman–Crippen LogP) is 10.3. The van der Waals surface area contributed by atoms with Crippen molar-refractivity contribution in [3.63, 3.8) is 0 Å². The van der Waals surface area contributed by atoms with Gasteiger partial charge in [0.15, 0.2) is 0 Å². The standard InChI is InChI=1S/C40H35N2O9PS3/c1-28(2)38(44)48-26-25-47-37(43)27-29-13-19-32(20-14-29)49-52(53,50-33-21-15-30(16-22-33)41-39(45)54-35-9-5-3-6-10-35)51-34-23-17-31(18-24-34)42-40(46)55-36-11-7-4-8-12-36/h3-24H,1,25-27H2,2H3,(H,41,45)(H,42,46). The molecular weight excluding hydrogens is 780 g/mol. The molecule has 0 saturated heterocycles. The van der Waals surface area contributed by atoms with Crippen LogP contribution in [-0.4, -0.2) is 35.6 Å². The maximum atomic E-state index is 12.6. The van der Waals surface area contributed by atoms with Gasteiger partial charge in [-0.15, -0.1) is 0 Å². The average molecular weight is 815 g/mol. The van der Waals surface area contributed by atoms with Crippen molar-refractivity contribution >= 4 is 75.8 Å². The van der Waals surface area contributed by atoms with Gasteiger partial charge in [0.25, 0.3) is 10.5 Å². The van der Waals surface area contributed by atoms with Crippen LogP contribution < -0.4 is 24.2 Å². The van der Waals surface area contributed by atoms with Crippen molar-refractivity contribution in [2.45, 2.75) is 23.1 Å². The van der Waals surface area contributed by atoms with Crippen LogP contribution in [0.15, 0.2) is 155 Å². The van der Waals surface area contributed by atoms with Crippen molar-refractivity contribution in [3.05, 3.63) is 151 Å². The lowest BCUT2D eigenvalue weighted by Crippen LogP contribution is -2.15. The van der Waals surface area contributed by atoms with E-state index in [4.69, 9.17) is 34.9 Å². The third-order valence-corrected chi connectivity index (χ3v) is 10.5. The van der Waals surface area contributed by atoms with E-state index >= 15 is 0 Å². The lowest BCUT2D eigenvalue weighted by atomic mass is 10.1. The highest BCUT2D eigenvalue weighted by Crippen LogP contribution is 2.50. The Morgan fingerprint density at radius 2 is 1.00 bits per heavy atom. The summed E-state index contributed by atoms with van der Waals surface area (Å²) in [6, 6.07) is 38.4. The molecule has 5 aromatic rings. The van der Waals surface area contributed by atoms with Crippen LogP contribution in [0.5, 0.6) is 17.2 Å². The van der Waals surface area contributed by atoms with Gasteiger partial charge in [-0.1, -0.05) is 55.1 Å². The van der Waals surface area contributed by atoms with Gasteiger partial charge in [-0.05, 0) is 121 Å². The number of hydrogen-bond donors (Lipinski definition) is 2. The predicted molar refractivity (Wildman–Crippen MR) is 219 cm³/mol. The number of carbonyl (C=O) groups is 4. The van der Waals surface area contributed by atoms with Gasteiger partial charge in [-0.25, -0.2) is 4.79 Å². The Balaban J connectivity index is 1.24. The van der Waals surface area contributed by atoms with E-state index in [1.54, 1.807) is 72.8 Å². The van der Waals surface area contributed by atoms with Crippen molar-refractivity contribution in [3.8, 4) is 17.2 Å². The van der Waals surface area contributed by atoms with Gasteiger partial charge in [0.2, 0.25) is 0 Å². The summed E-state index contributed by atoms with van der Waals surface area (Å²) in [7, 11) is 0. The van der Waals surface area contributed by atoms with Crippen molar-refractivity contribution < 1.29 is 42.2 Å². The first kappa shape index (κ1) is 40.7. The van der Waals surface area contributed by atoms with Crippen molar-refractivity contribution in [1.82, 2.24) is 0 Å². The van der Waals surface area contributed by atoms with Gasteiger partial charge in [-0.2, -0.15) is 0 Å². The van der Waals surface area contributed by atoms with Crippen LogP contribution in [0.3, 0.4) is 0 Å². The number of carbonyl (C=O) groups excluding carboxylic acids is 4. The van der Waals surface area contributed by atoms with E-state index in [-0.39, 0.29) is 35.7 Å². The number of rotatable bonds is 16. The summed E-state index contributed by atoms with van der Waals surface area (Å²) in [5.41, 5.74) is 1.98. The van der Waals surface area contributed by atoms with Crippen LogP contribution in [0.1, 0.15) is 12.5 Å². The number of benzene rings is 5. The molecule has 0 heterocycles. The molecule has 0 aromatic heterocycles. The van der Waals surface area contributed by atoms with Gasteiger partial charge in [0.05, 0.1) is 6.42 Å². The quantitative estimate of drug-likeness (QED) is 0.0322. The topological polar surface area (TPSA) is 138 Å². The summed E-state index contributed by atoms with van der Waals surface area (Å²) in [5, 5.41) is 5.16. The molecule has 0 unspecified atom stereocenters. The molecule has 0 atom stereocenters. The number of hydrogen-bond acceptors (Lipinski definition) is 12. The third kappa shape index (κ3) is 14.0. The fourth-order valence-corrected chi connectivity index (χ4v) is 7.80. The van der Waals surface area contributed by atoms with Gasteiger partial charge >= 0.3 is 18.7 Å². The molecule has 0 bridgehead atoms. The molecular formula is C40H35N2O9PS3. The van der Waals surface area contributed by atoms with Gasteiger partial charge < -0.3 is 33.7 Å². The molecule has 0 saturated carbocycles. The molecule has 11 nitrogen and oxygen atoms in total. The fourth-order valence-electron chi connectivity index (χ4n) is 4.42. The number of nitrogens with one attached hydrogen (secondary N) is 2. The molecule has 0 fully saturated rings. The molecule has 0 aliphatic heterocycles. The fraction of sp³-hybridized carbons (Fsp3) is 0.100. The number of ether oxygens (including phenoxy) is 2. The zero-order valence-electron chi connectivity index (χ0n) is 29.4. The van der Waals surface area contributed by atoms with Crippen LogP contribution in [0.4, 0.5) is 21.0 Å². The van der Waals surface area contributed by atoms with Crippen LogP contribution in [0.25, 0.3) is 0 Å². The maximum absolute atomic E-state index is 12.6. The molecule has 0 spiro atoms. The van der Waals surface area contributed by atoms with Crippen molar-refractivity contribution in [2.24, 2.45) is 0 Å². The van der Waals surface area contributed by atoms with Crippen molar-refractivity contribution in [1.29, 1.82) is 0 Å². The second-order valence-electron chi connectivity index (χ2n) is 11.4. The van der Waals surface area contributed by atoms with Gasteiger partial charge in [-0.3, -0.25) is 14.4 Å². The Morgan fingerprint density at radius 1 is 0.600 bits per heavy atom. The summed E-state index contributed by atoms with van der Waals surface area (Å²) in [5.74, 6) is -0.0951. The number of anilines is 2. The first-order valence-electron chi connectivity index (χ1n) is 16.6. The lowest BCUT2D eigenvalue weighted by molar-refractivity contribution is -0.149. The van der Waals surface area contributed by atoms with Gasteiger partial charge in [0.1, 0.15) is 30.5 Å². The molecule has 5 aromatic carbocycles. The second kappa shape index (κ2) is 20.2. The Hall–Kier alpha value is -5.53. The van der Waals surface area contributed by atoms with E-state index in [1.807, 2.05) is 60.7 Å². The number of esters is 2. The van der Waals surface area contributed by atoms with Crippen molar-refractivity contribution in [2.75, 3.05) is 23.8 Å². The normalized spacial score (nSPS) is 10.7. The molecule has 15 heteroatoms. The first-order chi connectivity index (χ1) is 26.5. The minimum absolute atomic E-state index is 0.0324. The summed E-state index contributed by atoms with van der Waals surface area (Å²) in [4.78, 5) is 50.5. The Morgan fingerprint density at radius 3 is 1.42 bits per heavy atom. The van der Waals surface area contributed by atoms with E-state index in [9.17, 15) is 19.2 Å². The minimum atomic E-state index is -3.63. The Bertz CT molecular complexity index is 2030. The molecule has 2 N–H and O–H groups in total. The van der Waals surface area contributed by atoms with Gasteiger partial charge in [0, 0.05) is 38.5 Å². The summed E-state index contributed by atoms with van der Waals surface area (Å²) in [6.07, 6.45) is -0.0324. The average Bonchev–Trinajstić information content (AvgIpc) is 3.16. The summed E-state index contributed by atoms with van der Waals surface area (Å²) >= 11 is 8.01. The number of amides is 2. The Kier molecular flexibility index (Phi) is 15.0. The monoisotopic (exact) mass is 814 g/mol. The highest BCUT2D eigenvalue weighted by atomic mass is 32.5. The second-order valence-corrected chi connectivity index (χ2v) is 16.3. The van der Waals surface area contributed by atoms with E-state index in [1.165, 1.54) is 6.92 Å². The highest BCUT2D eigenvalue weighted by molar-refractivity contribution is 8.14. The van der Waals surface area contributed by atoms with E-state index in [2.05, 4.69) is 17.2 Å². The molecule has 0 aliphatic rings. The minimum Gasteiger partial charge on any atom is -0.462 e. The van der Waals surface area contributed by atoms with Crippen LogP contribution in [-0.2, 0) is 37.3 Å². The molecule has 0 radical (unpaired) electrons. The lowest BCUT2D eigenvalue weighted by Gasteiger charge is -2.23. The highest BCUT2D eigenvalue weighted by Gasteiger charge is 2.27. The molecule has 2 amide bonds. The molecule has 282 valence electrons. The van der Waals surface area contributed by atoms with E-state index in [0.717, 1.165) is 33.3 Å². The maximum Gasteiger partial charge on any atom is 0.490 e. The van der Waals surface area contributed by atoms with Crippen LogP contribution in [0.2, 0.25) is 0 Å². The summed E-state index contributed by atoms with van der Waals surface area (Å²) < 4.78 is 28.6. The largest absolute Gasteiger partial charge is 0.490 e. The van der Waals surface area contributed by atoms with E-state index < -0.39 is 18.7 Å². The van der Waals surface area contributed by atoms with Crippen LogP contribution in [0, 0.1) is 0 Å². The molecule has 0 aliphatic carbocycles. The smallest absolute Gasteiger partial charge is 0.462 e. The van der Waals surface area contributed by atoms with Crippen LogP contribution >= 0.6 is 30.2 Å². The zero-order chi connectivity index (χ0) is 39.0. The molecule has 5 rings (SSSR count). The SMILES string of the molecule is C=C(C)C(=O)OCCOC(=O)Cc1ccc(OP(=S)(Oc2ccc(NC(=O)Sc3ccccc3)cc2)Oc2ccc(NC(=O)Sc3ccccc3)cc2)cc1. The number of thioether (sulfide) groups is 2. The summed E-state index contributed by atoms with van der Waals surface area (Å²) in [6.45, 7) is 1.23.